The third-order valence-electron chi connectivity index (χ3n) is 12.4. The molecule has 3 aromatic heterocycles. The van der Waals surface area contributed by atoms with Crippen LogP contribution in [0.2, 0.25) is 10.3 Å². The molecule has 0 aliphatic carbocycles. The number of anilines is 4. The number of fused-ring (bicyclic) bond motifs is 3. The smallest absolute Gasteiger partial charge is 0.274 e. The van der Waals surface area contributed by atoms with Crippen LogP contribution in [0.5, 0.6) is 34.5 Å². The van der Waals surface area contributed by atoms with Crippen LogP contribution in [-0.4, -0.2) is 157 Å². The summed E-state index contributed by atoms with van der Waals surface area (Å²) in [5.74, 6) is 6.88. The fourth-order valence-electron chi connectivity index (χ4n) is 8.32. The summed E-state index contributed by atoms with van der Waals surface area (Å²) in [5, 5.41) is 16.1. The van der Waals surface area contributed by atoms with Gasteiger partial charge in [0.1, 0.15) is 16.1 Å². The van der Waals surface area contributed by atoms with Crippen molar-refractivity contribution in [1.29, 1.82) is 0 Å². The molecule has 2 saturated heterocycles. The van der Waals surface area contributed by atoms with E-state index in [4.69, 9.17) is 72.6 Å². The first-order valence-corrected chi connectivity index (χ1v) is 28.1. The standard InChI is InChI=1S/C19H30N6O4S.C12H14ClN3O2.C10H10ClN3O2.C7H17N3O2S/c1-24(2)19-22-15-12-17(29-4)16(28-3)11-14(15)18(23-19)25-9-6-13(7-10-25)5-8-21-30(20,26)27;1-16(2)12-14-8-6-10(18-4)9(17-3)5-7(8)11(13)15-12;1-15-7-3-5-6(4-8(7)16-2)13-10(12)14-9(5)11;8-13(11,12)10-6-3-7-1-4-9-5-2-7/h11-13,21H,5-10H2,1-4H3,(H2,20,26,27);5-6H,1-4H3;3-4H,1-2H3,(H2,12,13,14);7,9-10H,1-6H2,(H2,8,11,12). The van der Waals surface area contributed by atoms with Gasteiger partial charge in [0, 0.05) is 88.7 Å². The Hall–Kier alpha value is -6.04. The molecule has 5 heterocycles. The lowest BCUT2D eigenvalue weighted by Gasteiger charge is -2.34. The lowest BCUT2D eigenvalue weighted by Crippen LogP contribution is -2.37. The van der Waals surface area contributed by atoms with Crippen LogP contribution in [0.3, 0.4) is 0 Å². The van der Waals surface area contributed by atoms with E-state index in [-0.39, 0.29) is 5.95 Å². The van der Waals surface area contributed by atoms with E-state index in [2.05, 4.69) is 44.6 Å². The zero-order valence-corrected chi connectivity index (χ0v) is 48.2. The van der Waals surface area contributed by atoms with E-state index < -0.39 is 20.4 Å². The first kappa shape index (κ1) is 61.8. The van der Waals surface area contributed by atoms with Crippen LogP contribution < -0.4 is 73.9 Å². The Morgan fingerprint density at radius 2 is 0.922 bits per heavy atom. The second kappa shape index (κ2) is 28.5. The van der Waals surface area contributed by atoms with Gasteiger partial charge in [-0.15, -0.1) is 0 Å². The number of hydrogen-bond donors (Lipinski definition) is 6. The Labute approximate surface area is 460 Å². The number of rotatable bonds is 17. The zero-order chi connectivity index (χ0) is 56.6. The van der Waals surface area contributed by atoms with E-state index in [0.717, 1.165) is 92.3 Å². The van der Waals surface area contributed by atoms with Crippen LogP contribution >= 0.6 is 23.2 Å². The van der Waals surface area contributed by atoms with Crippen LogP contribution in [-0.2, 0) is 20.4 Å². The van der Waals surface area contributed by atoms with Crippen molar-refractivity contribution in [1.82, 2.24) is 44.7 Å². The van der Waals surface area contributed by atoms with E-state index in [1.54, 1.807) is 71.8 Å². The number of nitrogens with two attached hydrogens (primary N) is 3. The lowest BCUT2D eigenvalue weighted by molar-refractivity contribution is 0.354. The molecule has 2 aliphatic heterocycles. The quantitative estimate of drug-likeness (QED) is 0.0683. The van der Waals surface area contributed by atoms with Gasteiger partial charge in [-0.1, -0.05) is 23.2 Å². The van der Waals surface area contributed by atoms with Gasteiger partial charge in [-0.3, -0.25) is 0 Å². The number of piperidine rings is 2. The number of ether oxygens (including phenoxy) is 6. The number of nitrogens with one attached hydrogen (secondary N) is 3. The van der Waals surface area contributed by atoms with Gasteiger partial charge in [-0.25, -0.2) is 44.6 Å². The maximum Gasteiger partial charge on any atom is 0.274 e. The molecule has 0 saturated carbocycles. The fourth-order valence-corrected chi connectivity index (χ4v) is 9.59. The van der Waals surface area contributed by atoms with Crippen LogP contribution in [0.15, 0.2) is 36.4 Å². The van der Waals surface area contributed by atoms with Crippen molar-refractivity contribution in [2.24, 2.45) is 22.1 Å². The van der Waals surface area contributed by atoms with Gasteiger partial charge in [-0.05, 0) is 81.6 Å². The Balaban J connectivity index is 0.000000200. The summed E-state index contributed by atoms with van der Waals surface area (Å²) >= 11 is 12.1. The van der Waals surface area contributed by atoms with E-state index >= 15 is 0 Å². The second-order valence-corrected chi connectivity index (χ2v) is 21.5. The first-order valence-electron chi connectivity index (χ1n) is 24.2. The van der Waals surface area contributed by atoms with Crippen molar-refractivity contribution < 1.29 is 45.3 Å². The molecule has 2 aliphatic rings. The molecule has 8 rings (SSSR count). The maximum atomic E-state index is 11.0. The summed E-state index contributed by atoms with van der Waals surface area (Å²) < 4.78 is 79.5. The highest BCUT2D eigenvalue weighted by Crippen LogP contribution is 2.38. The molecule has 0 radical (unpaired) electrons. The fraction of sp³-hybridized carbons (Fsp3) is 0.500. The number of hydrogen-bond acceptors (Lipinski definition) is 21. The van der Waals surface area contributed by atoms with Crippen LogP contribution in [0.1, 0.15) is 38.5 Å². The monoisotopic (exact) mass is 1150 g/mol. The summed E-state index contributed by atoms with van der Waals surface area (Å²) in [6.07, 6.45) is 5.81. The Bertz CT molecular complexity index is 3150. The number of benzene rings is 3. The summed E-state index contributed by atoms with van der Waals surface area (Å²) in [6, 6.07) is 10.8. The highest BCUT2D eigenvalue weighted by atomic mass is 35.5. The molecular weight excluding hydrogens is 1080 g/mol. The molecule has 9 N–H and O–H groups in total. The number of nitrogen functional groups attached to an aromatic ring is 1. The Morgan fingerprint density at radius 1 is 0.558 bits per heavy atom. The Kier molecular flexibility index (Phi) is 22.9. The molecule has 0 bridgehead atoms. The largest absolute Gasteiger partial charge is 0.493 e. The molecule has 0 spiro atoms. The molecule has 0 unspecified atom stereocenters. The zero-order valence-electron chi connectivity index (χ0n) is 45.0. The minimum atomic E-state index is -3.63. The van der Waals surface area contributed by atoms with E-state index in [1.807, 2.05) is 45.2 Å². The molecule has 6 aromatic rings. The summed E-state index contributed by atoms with van der Waals surface area (Å²) in [5.41, 5.74) is 7.64. The minimum Gasteiger partial charge on any atom is -0.493 e. The summed E-state index contributed by atoms with van der Waals surface area (Å²) in [6.45, 7) is 4.56. The van der Waals surface area contributed by atoms with E-state index in [0.29, 0.717) is 92.5 Å². The predicted octanol–water partition coefficient (Wildman–Crippen LogP) is 4.53. The molecule has 77 heavy (non-hydrogen) atoms. The highest BCUT2D eigenvalue weighted by molar-refractivity contribution is 7.87. The SMILES string of the molecule is COc1cc2nc(N(C)C)nc(Cl)c2cc1OC.COc1cc2nc(N(C)C)nc(N3CCC(CCNS(N)(=O)=O)CC3)c2cc1OC.COc1cc2nc(N)nc(Cl)c2cc1OC.NS(=O)(=O)NCCC1CCNCC1. The van der Waals surface area contributed by atoms with Gasteiger partial charge < -0.3 is 54.2 Å². The second-order valence-electron chi connectivity index (χ2n) is 18.1. The number of methoxy groups -OCH3 is 6. The lowest BCUT2D eigenvalue weighted by atomic mass is 9.93. The molecule has 0 atom stereocenters. The normalized spacial score (nSPS) is 14.1. The van der Waals surface area contributed by atoms with Crippen molar-refractivity contribution >= 4 is 100.0 Å². The predicted molar refractivity (Wildman–Crippen MR) is 303 cm³/mol. The van der Waals surface area contributed by atoms with Crippen molar-refractivity contribution in [3.05, 3.63) is 46.7 Å². The van der Waals surface area contributed by atoms with Crippen molar-refractivity contribution in [3.63, 3.8) is 0 Å². The van der Waals surface area contributed by atoms with Gasteiger partial charge >= 0.3 is 0 Å². The number of aromatic nitrogens is 6. The van der Waals surface area contributed by atoms with Crippen molar-refractivity contribution in [3.8, 4) is 34.5 Å². The number of halogens is 2. The molecule has 3 aromatic carbocycles. The number of nitrogens with zero attached hydrogens (tertiary/aromatic N) is 9. The van der Waals surface area contributed by atoms with Crippen molar-refractivity contribution in [2.45, 2.75) is 38.5 Å². The summed E-state index contributed by atoms with van der Waals surface area (Å²) in [7, 11) is 9.90. The Morgan fingerprint density at radius 3 is 1.34 bits per heavy atom. The van der Waals surface area contributed by atoms with Gasteiger partial charge in [0.25, 0.3) is 20.4 Å². The molecule has 424 valence electrons. The third kappa shape index (κ3) is 18.0. The first-order chi connectivity index (χ1) is 36.5. The van der Waals surface area contributed by atoms with Gasteiger partial charge in [0.2, 0.25) is 17.8 Å². The highest BCUT2D eigenvalue weighted by Gasteiger charge is 2.25. The van der Waals surface area contributed by atoms with Crippen LogP contribution in [0, 0.1) is 11.8 Å². The topological polar surface area (TPSA) is 325 Å². The molecule has 0 amide bonds. The molecule has 2 fully saturated rings. The van der Waals surface area contributed by atoms with Gasteiger partial charge in [-0.2, -0.15) is 21.8 Å². The van der Waals surface area contributed by atoms with Crippen LogP contribution in [0.4, 0.5) is 23.7 Å². The average Bonchev–Trinajstić information content (AvgIpc) is 3.39. The van der Waals surface area contributed by atoms with Crippen molar-refractivity contribution in [2.75, 3.05) is 131 Å². The average molecular weight is 1150 g/mol. The van der Waals surface area contributed by atoms with E-state index in [9.17, 15) is 16.8 Å². The van der Waals surface area contributed by atoms with Gasteiger partial charge in [0.05, 0.1) is 59.2 Å². The van der Waals surface area contributed by atoms with Gasteiger partial charge in [0.15, 0.2) is 34.5 Å². The minimum absolute atomic E-state index is 0.129. The van der Waals surface area contributed by atoms with Crippen LogP contribution in [0.25, 0.3) is 32.7 Å². The molecule has 25 nitrogen and oxygen atoms in total. The maximum absolute atomic E-state index is 11.0. The van der Waals surface area contributed by atoms with E-state index in [1.165, 1.54) is 0 Å². The molecule has 29 heteroatoms. The summed E-state index contributed by atoms with van der Waals surface area (Å²) in [4.78, 5) is 32.0. The molecular formula is C48H71Cl2N15O10S2. The third-order valence-corrected chi connectivity index (χ3v) is 14.2.